The highest BCUT2D eigenvalue weighted by atomic mass is 35.5. The summed E-state index contributed by atoms with van der Waals surface area (Å²) in [6.07, 6.45) is 1.50. The largest absolute Gasteiger partial charge is 0.340 e. The summed E-state index contributed by atoms with van der Waals surface area (Å²) < 4.78 is 0. The minimum atomic E-state index is -0.272. The van der Waals surface area contributed by atoms with Gasteiger partial charge >= 0.3 is 0 Å². The van der Waals surface area contributed by atoms with Crippen LogP contribution in [-0.4, -0.2) is 16.7 Å². The number of aromatic nitrogens is 1. The maximum atomic E-state index is 12.3. The van der Waals surface area contributed by atoms with Crippen LogP contribution in [0.1, 0.15) is 27.6 Å². The van der Waals surface area contributed by atoms with Gasteiger partial charge in [-0.2, -0.15) is 0 Å². The van der Waals surface area contributed by atoms with Gasteiger partial charge in [0.15, 0.2) is 5.78 Å². The lowest BCUT2D eigenvalue weighted by Gasteiger charge is -2.08. The number of benzene rings is 2. The highest BCUT2D eigenvalue weighted by Crippen LogP contribution is 2.18. The van der Waals surface area contributed by atoms with Gasteiger partial charge in [0.2, 0.25) is 0 Å². The normalized spacial score (nSPS) is 10.2. The van der Waals surface area contributed by atoms with Crippen molar-refractivity contribution in [3.8, 4) is 0 Å². The minimum Gasteiger partial charge on any atom is -0.340 e. The van der Waals surface area contributed by atoms with E-state index >= 15 is 0 Å². The van der Waals surface area contributed by atoms with E-state index in [4.69, 9.17) is 11.6 Å². The number of carbonyl (C=O) groups excluding carboxylic acids is 2. The van der Waals surface area contributed by atoms with E-state index in [1.807, 2.05) is 12.1 Å². The SMILES string of the molecule is CC(=O)c1ccc(NC(=O)c2ccc(Nc3ccc(Cl)cc3)nc2)cc1. The molecular formula is C20H16ClN3O2. The number of ketones is 1. The van der Waals surface area contributed by atoms with Crippen LogP contribution < -0.4 is 10.6 Å². The van der Waals surface area contributed by atoms with Gasteiger partial charge < -0.3 is 10.6 Å². The van der Waals surface area contributed by atoms with Gasteiger partial charge in [-0.25, -0.2) is 4.98 Å². The van der Waals surface area contributed by atoms with E-state index in [1.165, 1.54) is 13.1 Å². The van der Waals surface area contributed by atoms with Crippen molar-refractivity contribution >= 4 is 40.5 Å². The average molecular weight is 366 g/mol. The van der Waals surface area contributed by atoms with Crippen LogP contribution in [0.4, 0.5) is 17.2 Å². The van der Waals surface area contributed by atoms with E-state index in [9.17, 15) is 9.59 Å². The quantitative estimate of drug-likeness (QED) is 0.628. The molecule has 0 radical (unpaired) electrons. The molecule has 0 unspecified atom stereocenters. The zero-order valence-corrected chi connectivity index (χ0v) is 14.7. The molecule has 3 aromatic rings. The number of nitrogens with zero attached hydrogens (tertiary/aromatic N) is 1. The van der Waals surface area contributed by atoms with Crippen molar-refractivity contribution < 1.29 is 9.59 Å². The summed E-state index contributed by atoms with van der Waals surface area (Å²) in [5.41, 5.74) is 2.50. The molecule has 1 aromatic heterocycles. The number of Topliss-reactive ketones (excluding diaryl/α,β-unsaturated/α-hetero) is 1. The molecule has 0 aliphatic rings. The monoisotopic (exact) mass is 365 g/mol. The van der Waals surface area contributed by atoms with Crippen LogP contribution in [0.15, 0.2) is 66.9 Å². The molecule has 130 valence electrons. The van der Waals surface area contributed by atoms with E-state index in [-0.39, 0.29) is 11.7 Å². The van der Waals surface area contributed by atoms with E-state index in [2.05, 4.69) is 15.6 Å². The molecular weight excluding hydrogens is 350 g/mol. The molecule has 5 nitrogen and oxygen atoms in total. The van der Waals surface area contributed by atoms with Crippen LogP contribution in [0.3, 0.4) is 0 Å². The number of nitrogens with one attached hydrogen (secondary N) is 2. The van der Waals surface area contributed by atoms with Gasteiger partial charge in [-0.3, -0.25) is 9.59 Å². The van der Waals surface area contributed by atoms with Gasteiger partial charge in [-0.05, 0) is 67.6 Å². The van der Waals surface area contributed by atoms with Gasteiger partial charge in [0.05, 0.1) is 5.56 Å². The van der Waals surface area contributed by atoms with E-state index in [1.54, 1.807) is 48.5 Å². The number of rotatable bonds is 5. The summed E-state index contributed by atoms with van der Waals surface area (Å²) in [4.78, 5) is 27.8. The van der Waals surface area contributed by atoms with Crippen LogP contribution in [0.5, 0.6) is 0 Å². The lowest BCUT2D eigenvalue weighted by atomic mass is 10.1. The van der Waals surface area contributed by atoms with Crippen LogP contribution in [0, 0.1) is 0 Å². The Labute approximate surface area is 156 Å². The molecule has 0 spiro atoms. The molecule has 1 amide bonds. The molecule has 0 atom stereocenters. The van der Waals surface area contributed by atoms with Crippen molar-refractivity contribution in [2.24, 2.45) is 0 Å². The first-order valence-corrected chi connectivity index (χ1v) is 8.30. The summed E-state index contributed by atoms with van der Waals surface area (Å²) in [7, 11) is 0. The lowest BCUT2D eigenvalue weighted by molar-refractivity contribution is 0.101. The Morgan fingerprint density at radius 2 is 1.46 bits per heavy atom. The van der Waals surface area contributed by atoms with Gasteiger partial charge in [0, 0.05) is 28.2 Å². The first kappa shape index (κ1) is 17.6. The fourth-order valence-electron chi connectivity index (χ4n) is 2.27. The summed E-state index contributed by atoms with van der Waals surface area (Å²) in [6, 6.07) is 17.4. The Morgan fingerprint density at radius 1 is 0.846 bits per heavy atom. The van der Waals surface area contributed by atoms with Gasteiger partial charge in [0.1, 0.15) is 5.82 Å². The van der Waals surface area contributed by atoms with Crippen molar-refractivity contribution in [1.82, 2.24) is 4.98 Å². The third-order valence-electron chi connectivity index (χ3n) is 3.69. The van der Waals surface area contributed by atoms with E-state index < -0.39 is 0 Å². The number of hydrogen-bond acceptors (Lipinski definition) is 4. The van der Waals surface area contributed by atoms with Crippen molar-refractivity contribution in [1.29, 1.82) is 0 Å². The topological polar surface area (TPSA) is 71.1 Å². The maximum Gasteiger partial charge on any atom is 0.257 e. The fraction of sp³-hybridized carbons (Fsp3) is 0.0500. The zero-order chi connectivity index (χ0) is 18.5. The van der Waals surface area contributed by atoms with Crippen molar-refractivity contribution in [3.05, 3.63) is 83.0 Å². The smallest absolute Gasteiger partial charge is 0.257 e. The average Bonchev–Trinajstić information content (AvgIpc) is 2.64. The van der Waals surface area contributed by atoms with E-state index in [0.29, 0.717) is 27.7 Å². The Kier molecular flexibility index (Phi) is 5.29. The van der Waals surface area contributed by atoms with Crippen molar-refractivity contribution in [2.75, 3.05) is 10.6 Å². The predicted molar refractivity (Wildman–Crippen MR) is 103 cm³/mol. The number of anilines is 3. The predicted octanol–water partition coefficient (Wildman–Crippen LogP) is 4.93. The standard InChI is InChI=1S/C20H16ClN3O2/c1-13(25)14-2-7-18(8-3-14)24-20(26)15-4-11-19(22-12-15)23-17-9-5-16(21)6-10-17/h2-12H,1H3,(H,22,23)(H,24,26). The number of hydrogen-bond donors (Lipinski definition) is 2. The zero-order valence-electron chi connectivity index (χ0n) is 14.0. The molecule has 0 saturated carbocycles. The molecule has 3 rings (SSSR count). The molecule has 0 bridgehead atoms. The molecule has 2 N–H and O–H groups in total. The van der Waals surface area contributed by atoms with Gasteiger partial charge in [-0.15, -0.1) is 0 Å². The highest BCUT2D eigenvalue weighted by Gasteiger charge is 2.08. The molecule has 0 aliphatic heterocycles. The molecule has 2 aromatic carbocycles. The molecule has 0 saturated heterocycles. The first-order chi connectivity index (χ1) is 12.5. The number of amides is 1. The summed E-state index contributed by atoms with van der Waals surface area (Å²) >= 11 is 5.86. The third kappa shape index (κ3) is 4.46. The number of carbonyl (C=O) groups is 2. The Balaban J connectivity index is 1.64. The fourth-order valence-corrected chi connectivity index (χ4v) is 2.40. The Morgan fingerprint density at radius 3 is 2.04 bits per heavy atom. The van der Waals surface area contributed by atoms with Crippen molar-refractivity contribution in [3.63, 3.8) is 0 Å². The molecule has 26 heavy (non-hydrogen) atoms. The van der Waals surface area contributed by atoms with Crippen molar-refractivity contribution in [2.45, 2.75) is 6.92 Å². The molecule has 1 heterocycles. The first-order valence-electron chi connectivity index (χ1n) is 7.92. The minimum absolute atomic E-state index is 0.0177. The second kappa shape index (κ2) is 7.80. The summed E-state index contributed by atoms with van der Waals surface area (Å²) in [5, 5.41) is 6.56. The summed E-state index contributed by atoms with van der Waals surface area (Å²) in [5.74, 6) is 0.330. The highest BCUT2D eigenvalue weighted by molar-refractivity contribution is 6.30. The van der Waals surface area contributed by atoms with Crippen LogP contribution in [0.2, 0.25) is 5.02 Å². The number of pyridine rings is 1. The number of halogens is 1. The Hall–Kier alpha value is -3.18. The van der Waals surface area contributed by atoms with Crippen LogP contribution in [-0.2, 0) is 0 Å². The molecule has 6 heteroatoms. The van der Waals surface area contributed by atoms with Crippen LogP contribution in [0.25, 0.3) is 0 Å². The summed E-state index contributed by atoms with van der Waals surface area (Å²) in [6.45, 7) is 1.50. The maximum absolute atomic E-state index is 12.3. The molecule has 0 aliphatic carbocycles. The third-order valence-corrected chi connectivity index (χ3v) is 3.94. The van der Waals surface area contributed by atoms with Crippen LogP contribution >= 0.6 is 11.6 Å². The second-order valence-electron chi connectivity index (χ2n) is 5.65. The van der Waals surface area contributed by atoms with Gasteiger partial charge in [-0.1, -0.05) is 11.6 Å². The van der Waals surface area contributed by atoms with E-state index in [0.717, 1.165) is 5.69 Å². The lowest BCUT2D eigenvalue weighted by Crippen LogP contribution is -2.12. The van der Waals surface area contributed by atoms with Gasteiger partial charge in [0.25, 0.3) is 5.91 Å². The second-order valence-corrected chi connectivity index (χ2v) is 6.09. The Bertz CT molecular complexity index is 921. The molecule has 0 fully saturated rings.